The second-order valence-corrected chi connectivity index (χ2v) is 5.46. The number of hydrogen-bond donors (Lipinski definition) is 2. The molecule has 0 saturated heterocycles. The summed E-state index contributed by atoms with van der Waals surface area (Å²) < 4.78 is 5.26. The molecule has 5 nitrogen and oxygen atoms in total. The number of ether oxygens (including phenoxy) is 1. The lowest BCUT2D eigenvalue weighted by Crippen LogP contribution is -2.49. The van der Waals surface area contributed by atoms with Gasteiger partial charge < -0.3 is 15.8 Å². The largest absolute Gasteiger partial charge is 0.484 e. The smallest absolute Gasteiger partial charge is 0.258 e. The van der Waals surface area contributed by atoms with E-state index in [1.807, 2.05) is 0 Å². The highest BCUT2D eigenvalue weighted by atomic mass is 35.5. The van der Waals surface area contributed by atoms with Crippen LogP contribution >= 0.6 is 23.2 Å². The molecule has 0 aromatic heterocycles. The molecule has 7 heteroatoms. The van der Waals surface area contributed by atoms with E-state index >= 15 is 0 Å². The summed E-state index contributed by atoms with van der Waals surface area (Å²) in [6, 6.07) is 3.90. The molecule has 0 saturated carbocycles. The average molecular weight is 319 g/mol. The van der Waals surface area contributed by atoms with E-state index < -0.39 is 17.9 Å². The first-order chi connectivity index (χ1) is 9.29. The maximum atomic E-state index is 11.7. The standard InChI is InChI=1S/C13H16Cl2N2O3/c1-7(2)12(13(16)19)17-11(18)6-20-10-4-8(14)3-9(15)5-10/h3-5,7,12H,6H2,1-2H3,(H2,16,19)(H,17,18)/t12-/m0/s1. The summed E-state index contributed by atoms with van der Waals surface area (Å²) in [4.78, 5) is 22.9. The maximum absolute atomic E-state index is 11.7. The number of primary amides is 1. The van der Waals surface area contributed by atoms with E-state index in [1.165, 1.54) is 12.1 Å². The topological polar surface area (TPSA) is 81.4 Å². The van der Waals surface area contributed by atoms with Crippen LogP contribution in [0, 0.1) is 5.92 Å². The fourth-order valence-corrected chi connectivity index (χ4v) is 2.05. The molecule has 0 bridgehead atoms. The van der Waals surface area contributed by atoms with E-state index in [1.54, 1.807) is 19.9 Å². The van der Waals surface area contributed by atoms with Crippen molar-refractivity contribution < 1.29 is 14.3 Å². The van der Waals surface area contributed by atoms with Crippen LogP contribution in [0.15, 0.2) is 18.2 Å². The molecule has 0 aliphatic heterocycles. The molecule has 0 heterocycles. The summed E-state index contributed by atoms with van der Waals surface area (Å²) in [7, 11) is 0. The van der Waals surface area contributed by atoms with Crippen molar-refractivity contribution in [1.82, 2.24) is 5.32 Å². The molecule has 3 N–H and O–H groups in total. The zero-order valence-corrected chi connectivity index (χ0v) is 12.7. The molecular weight excluding hydrogens is 303 g/mol. The maximum Gasteiger partial charge on any atom is 0.258 e. The first-order valence-corrected chi connectivity index (χ1v) is 6.72. The zero-order valence-electron chi connectivity index (χ0n) is 11.2. The van der Waals surface area contributed by atoms with Gasteiger partial charge in [-0.2, -0.15) is 0 Å². The van der Waals surface area contributed by atoms with Crippen molar-refractivity contribution in [1.29, 1.82) is 0 Å². The number of nitrogens with one attached hydrogen (secondary N) is 1. The number of rotatable bonds is 6. The molecule has 0 radical (unpaired) electrons. The Bertz CT molecular complexity index is 486. The lowest BCUT2D eigenvalue weighted by atomic mass is 10.0. The van der Waals surface area contributed by atoms with Crippen LogP contribution in [-0.2, 0) is 9.59 Å². The Hall–Kier alpha value is -1.46. The number of carbonyl (C=O) groups is 2. The van der Waals surface area contributed by atoms with Crippen LogP contribution in [0.3, 0.4) is 0 Å². The highest BCUT2D eigenvalue weighted by Gasteiger charge is 2.21. The summed E-state index contributed by atoms with van der Waals surface area (Å²) in [5.41, 5.74) is 5.20. The summed E-state index contributed by atoms with van der Waals surface area (Å²) >= 11 is 11.6. The van der Waals surface area contributed by atoms with Crippen molar-refractivity contribution in [3.05, 3.63) is 28.2 Å². The molecule has 2 amide bonds. The molecule has 1 rings (SSSR count). The van der Waals surface area contributed by atoms with Crippen LogP contribution in [0.4, 0.5) is 0 Å². The quantitative estimate of drug-likeness (QED) is 0.841. The number of amides is 2. The fourth-order valence-electron chi connectivity index (χ4n) is 1.54. The summed E-state index contributed by atoms with van der Waals surface area (Å²) in [5, 5.41) is 3.33. The van der Waals surface area contributed by atoms with E-state index in [-0.39, 0.29) is 12.5 Å². The highest BCUT2D eigenvalue weighted by molar-refractivity contribution is 6.34. The number of carbonyl (C=O) groups excluding carboxylic acids is 2. The van der Waals surface area contributed by atoms with Gasteiger partial charge in [0.05, 0.1) is 0 Å². The molecule has 1 aromatic rings. The SMILES string of the molecule is CC(C)[C@H](NC(=O)COc1cc(Cl)cc(Cl)c1)C(N)=O. The summed E-state index contributed by atoms with van der Waals surface area (Å²) in [6.07, 6.45) is 0. The minimum absolute atomic E-state index is 0.0999. The number of nitrogens with two attached hydrogens (primary N) is 1. The van der Waals surface area contributed by atoms with Gasteiger partial charge in [-0.05, 0) is 24.1 Å². The van der Waals surface area contributed by atoms with E-state index in [0.29, 0.717) is 15.8 Å². The van der Waals surface area contributed by atoms with Gasteiger partial charge in [0.2, 0.25) is 5.91 Å². The van der Waals surface area contributed by atoms with Crippen LogP contribution < -0.4 is 15.8 Å². The molecule has 0 aliphatic carbocycles. The molecule has 20 heavy (non-hydrogen) atoms. The zero-order chi connectivity index (χ0) is 15.3. The van der Waals surface area contributed by atoms with Gasteiger partial charge in [0.25, 0.3) is 5.91 Å². The molecule has 0 unspecified atom stereocenters. The summed E-state index contributed by atoms with van der Waals surface area (Å²) in [6.45, 7) is 3.31. The lowest BCUT2D eigenvalue weighted by Gasteiger charge is -2.19. The second kappa shape index (κ2) is 7.36. The minimum Gasteiger partial charge on any atom is -0.484 e. The third kappa shape index (κ3) is 5.27. The van der Waals surface area contributed by atoms with Crippen molar-refractivity contribution in [3.63, 3.8) is 0 Å². The number of benzene rings is 1. The van der Waals surface area contributed by atoms with Gasteiger partial charge in [-0.3, -0.25) is 9.59 Å². The minimum atomic E-state index is -0.728. The van der Waals surface area contributed by atoms with Crippen molar-refractivity contribution >= 4 is 35.0 Å². The predicted octanol–water partition coefficient (Wildman–Crippen LogP) is 2.00. The van der Waals surface area contributed by atoms with E-state index in [2.05, 4.69) is 5.32 Å². The van der Waals surface area contributed by atoms with Crippen LogP contribution in [0.2, 0.25) is 10.0 Å². The molecular formula is C13H16Cl2N2O3. The third-order valence-corrected chi connectivity index (χ3v) is 2.93. The summed E-state index contributed by atoms with van der Waals surface area (Å²) in [5.74, 6) is -0.757. The Balaban J connectivity index is 2.56. The second-order valence-electron chi connectivity index (χ2n) is 4.59. The molecule has 1 aromatic carbocycles. The Kier molecular flexibility index (Phi) is 6.10. The Morgan fingerprint density at radius 2 is 1.80 bits per heavy atom. The van der Waals surface area contributed by atoms with Gasteiger partial charge in [0.1, 0.15) is 11.8 Å². The lowest BCUT2D eigenvalue weighted by molar-refractivity contribution is -0.129. The normalized spacial score (nSPS) is 12.1. The predicted molar refractivity (Wildman–Crippen MR) is 77.9 cm³/mol. The van der Waals surface area contributed by atoms with Gasteiger partial charge in [0, 0.05) is 10.0 Å². The average Bonchev–Trinajstić information content (AvgIpc) is 2.31. The van der Waals surface area contributed by atoms with Crippen LogP contribution in [0.5, 0.6) is 5.75 Å². The monoisotopic (exact) mass is 318 g/mol. The van der Waals surface area contributed by atoms with Crippen molar-refractivity contribution in [2.24, 2.45) is 11.7 Å². The van der Waals surface area contributed by atoms with Crippen LogP contribution in [0.1, 0.15) is 13.8 Å². The van der Waals surface area contributed by atoms with Gasteiger partial charge in [-0.15, -0.1) is 0 Å². The molecule has 1 atom stereocenters. The van der Waals surface area contributed by atoms with Crippen molar-refractivity contribution in [2.75, 3.05) is 6.61 Å². The first kappa shape index (κ1) is 16.6. The third-order valence-electron chi connectivity index (χ3n) is 2.50. The number of hydrogen-bond acceptors (Lipinski definition) is 3. The number of halogens is 2. The van der Waals surface area contributed by atoms with Gasteiger partial charge in [-0.1, -0.05) is 37.0 Å². The van der Waals surface area contributed by atoms with Crippen molar-refractivity contribution in [2.45, 2.75) is 19.9 Å². The molecule has 0 fully saturated rings. The van der Waals surface area contributed by atoms with Gasteiger partial charge in [0.15, 0.2) is 6.61 Å². The van der Waals surface area contributed by atoms with E-state index in [9.17, 15) is 9.59 Å². The highest BCUT2D eigenvalue weighted by Crippen LogP contribution is 2.24. The first-order valence-electron chi connectivity index (χ1n) is 5.97. The van der Waals surface area contributed by atoms with E-state index in [0.717, 1.165) is 0 Å². The van der Waals surface area contributed by atoms with Crippen LogP contribution in [0.25, 0.3) is 0 Å². The fraction of sp³-hybridized carbons (Fsp3) is 0.385. The molecule has 0 aliphatic rings. The van der Waals surface area contributed by atoms with Gasteiger partial charge >= 0.3 is 0 Å². The molecule has 110 valence electrons. The van der Waals surface area contributed by atoms with Gasteiger partial charge in [-0.25, -0.2) is 0 Å². The Labute approximate surface area is 127 Å². The van der Waals surface area contributed by atoms with E-state index in [4.69, 9.17) is 33.7 Å². The Morgan fingerprint density at radius 3 is 2.25 bits per heavy atom. The van der Waals surface area contributed by atoms with Crippen molar-refractivity contribution in [3.8, 4) is 5.75 Å². The Morgan fingerprint density at radius 1 is 1.25 bits per heavy atom. The molecule has 0 spiro atoms. The van der Waals surface area contributed by atoms with Crippen LogP contribution in [-0.4, -0.2) is 24.5 Å².